The number of hydrogen-bond acceptors (Lipinski definition) is 5. The van der Waals surface area contributed by atoms with Gasteiger partial charge in [0.15, 0.2) is 5.65 Å². The van der Waals surface area contributed by atoms with Gasteiger partial charge in [0.05, 0.1) is 24.9 Å². The molecular formula is C22H20N6O3. The van der Waals surface area contributed by atoms with Crippen LogP contribution >= 0.6 is 0 Å². The smallest absolute Gasteiger partial charge is 0.321 e. The molecule has 2 aromatic heterocycles. The van der Waals surface area contributed by atoms with Gasteiger partial charge in [-0.05, 0) is 36.4 Å². The SMILES string of the molecule is COc1ccc(NC(=O)N2CC(c3nc4c(cnn4-c4ccccc4)c(=O)[nH]3)C2)cc1. The highest BCUT2D eigenvalue weighted by Gasteiger charge is 2.34. The summed E-state index contributed by atoms with van der Waals surface area (Å²) in [6, 6.07) is 16.5. The molecule has 0 spiro atoms. The third kappa shape index (κ3) is 3.50. The minimum Gasteiger partial charge on any atom is -0.497 e. The summed E-state index contributed by atoms with van der Waals surface area (Å²) in [7, 11) is 1.59. The Labute approximate surface area is 177 Å². The molecule has 0 radical (unpaired) electrons. The Hall–Kier alpha value is -4.14. The molecule has 1 aliphatic heterocycles. The van der Waals surface area contributed by atoms with Gasteiger partial charge < -0.3 is 19.9 Å². The highest BCUT2D eigenvalue weighted by Crippen LogP contribution is 2.26. The molecule has 0 bridgehead atoms. The summed E-state index contributed by atoms with van der Waals surface area (Å²) in [5.74, 6) is 1.24. The Bertz CT molecular complexity index is 1290. The van der Waals surface area contributed by atoms with Crippen LogP contribution in [0.4, 0.5) is 10.5 Å². The number of anilines is 1. The minimum atomic E-state index is -0.233. The maximum absolute atomic E-state index is 12.5. The molecule has 9 heteroatoms. The molecule has 0 atom stereocenters. The number of carbonyl (C=O) groups is 1. The fourth-order valence-corrected chi connectivity index (χ4v) is 3.58. The van der Waals surface area contributed by atoms with Crippen molar-refractivity contribution in [3.05, 3.63) is 77.0 Å². The van der Waals surface area contributed by atoms with Gasteiger partial charge >= 0.3 is 6.03 Å². The fourth-order valence-electron chi connectivity index (χ4n) is 3.58. The van der Waals surface area contributed by atoms with Crippen molar-refractivity contribution in [3.8, 4) is 11.4 Å². The second-order valence-electron chi connectivity index (χ2n) is 7.34. The van der Waals surface area contributed by atoms with E-state index in [9.17, 15) is 9.59 Å². The van der Waals surface area contributed by atoms with Gasteiger partial charge in [-0.25, -0.2) is 14.5 Å². The number of urea groups is 1. The maximum atomic E-state index is 12.5. The van der Waals surface area contributed by atoms with Gasteiger partial charge in [0.25, 0.3) is 5.56 Å². The van der Waals surface area contributed by atoms with E-state index in [2.05, 4.69) is 20.4 Å². The number of methoxy groups -OCH3 is 1. The van der Waals surface area contributed by atoms with E-state index in [1.807, 2.05) is 30.3 Å². The molecule has 2 amide bonds. The number of hydrogen-bond donors (Lipinski definition) is 2. The molecule has 0 unspecified atom stereocenters. The van der Waals surface area contributed by atoms with Gasteiger partial charge in [-0.15, -0.1) is 0 Å². The van der Waals surface area contributed by atoms with Crippen molar-refractivity contribution < 1.29 is 9.53 Å². The van der Waals surface area contributed by atoms with Crippen molar-refractivity contribution in [1.29, 1.82) is 0 Å². The Morgan fingerprint density at radius 2 is 1.87 bits per heavy atom. The number of H-pyrrole nitrogens is 1. The van der Waals surface area contributed by atoms with Gasteiger partial charge in [0.2, 0.25) is 0 Å². The molecule has 1 saturated heterocycles. The second-order valence-corrected chi connectivity index (χ2v) is 7.34. The van der Waals surface area contributed by atoms with E-state index in [-0.39, 0.29) is 17.5 Å². The molecule has 1 fully saturated rings. The van der Waals surface area contributed by atoms with Crippen LogP contribution in [-0.2, 0) is 0 Å². The number of nitrogens with zero attached hydrogens (tertiary/aromatic N) is 4. The van der Waals surface area contributed by atoms with E-state index >= 15 is 0 Å². The molecule has 156 valence electrons. The third-order valence-corrected chi connectivity index (χ3v) is 5.35. The van der Waals surface area contributed by atoms with E-state index in [1.165, 1.54) is 6.20 Å². The quantitative estimate of drug-likeness (QED) is 0.532. The fraction of sp³-hybridized carbons (Fsp3) is 0.182. The van der Waals surface area contributed by atoms with Crippen molar-refractivity contribution >= 4 is 22.8 Å². The highest BCUT2D eigenvalue weighted by molar-refractivity contribution is 5.90. The molecule has 31 heavy (non-hydrogen) atoms. The molecule has 4 aromatic rings. The van der Waals surface area contributed by atoms with Crippen LogP contribution in [0.15, 0.2) is 65.6 Å². The lowest BCUT2D eigenvalue weighted by Gasteiger charge is -2.38. The lowest BCUT2D eigenvalue weighted by atomic mass is 10.00. The molecule has 0 aliphatic carbocycles. The molecule has 9 nitrogen and oxygen atoms in total. The number of aromatic amines is 1. The third-order valence-electron chi connectivity index (χ3n) is 5.35. The zero-order valence-corrected chi connectivity index (χ0v) is 16.8. The van der Waals surface area contributed by atoms with Crippen molar-refractivity contribution in [3.63, 3.8) is 0 Å². The van der Waals surface area contributed by atoms with Crippen LogP contribution < -0.4 is 15.6 Å². The molecule has 1 aliphatic rings. The average molecular weight is 416 g/mol. The molecule has 2 N–H and O–H groups in total. The van der Waals surface area contributed by atoms with Crippen LogP contribution in [0, 0.1) is 0 Å². The zero-order chi connectivity index (χ0) is 21.4. The largest absolute Gasteiger partial charge is 0.497 e. The van der Waals surface area contributed by atoms with Gasteiger partial charge in [-0.3, -0.25) is 4.79 Å². The lowest BCUT2D eigenvalue weighted by molar-refractivity contribution is 0.161. The van der Waals surface area contributed by atoms with Crippen LogP contribution in [0.25, 0.3) is 16.7 Å². The number of carbonyl (C=O) groups excluding carboxylic acids is 1. The Morgan fingerprint density at radius 3 is 2.58 bits per heavy atom. The van der Waals surface area contributed by atoms with Gasteiger partial charge in [-0.1, -0.05) is 18.2 Å². The number of likely N-dealkylation sites (tertiary alicyclic amines) is 1. The summed E-state index contributed by atoms with van der Waals surface area (Å²) in [4.78, 5) is 34.2. The number of amides is 2. The second kappa shape index (κ2) is 7.60. The molecular weight excluding hydrogens is 396 g/mol. The molecule has 0 saturated carbocycles. The average Bonchev–Trinajstić information content (AvgIpc) is 3.18. The highest BCUT2D eigenvalue weighted by atomic mass is 16.5. The van der Waals surface area contributed by atoms with Crippen molar-refractivity contribution in [2.45, 2.75) is 5.92 Å². The summed E-state index contributed by atoms with van der Waals surface area (Å²) in [6.07, 6.45) is 1.52. The molecule has 2 aromatic carbocycles. The first kappa shape index (κ1) is 18.9. The van der Waals surface area contributed by atoms with Gasteiger partial charge in [0.1, 0.15) is 17.0 Å². The van der Waals surface area contributed by atoms with Crippen molar-refractivity contribution in [1.82, 2.24) is 24.6 Å². The topological polar surface area (TPSA) is 105 Å². The van der Waals surface area contributed by atoms with E-state index in [4.69, 9.17) is 4.74 Å². The van der Waals surface area contributed by atoms with Gasteiger partial charge in [-0.2, -0.15) is 5.10 Å². The predicted molar refractivity (Wildman–Crippen MR) is 116 cm³/mol. The molecule has 5 rings (SSSR count). The number of ether oxygens (including phenoxy) is 1. The first-order valence-corrected chi connectivity index (χ1v) is 9.86. The first-order valence-electron chi connectivity index (χ1n) is 9.86. The van der Waals surface area contributed by atoms with E-state index in [0.29, 0.717) is 35.6 Å². The Kier molecular flexibility index (Phi) is 4.62. The summed E-state index contributed by atoms with van der Waals surface area (Å²) < 4.78 is 6.78. The predicted octanol–water partition coefficient (Wildman–Crippen LogP) is 2.75. The minimum absolute atomic E-state index is 0.0437. The number of aromatic nitrogens is 4. The first-order chi connectivity index (χ1) is 15.1. The molecule has 3 heterocycles. The summed E-state index contributed by atoms with van der Waals surface area (Å²) in [6.45, 7) is 0.936. The summed E-state index contributed by atoms with van der Waals surface area (Å²) in [5.41, 5.74) is 1.79. The number of rotatable bonds is 4. The van der Waals surface area contributed by atoms with Crippen LogP contribution in [-0.4, -0.2) is 50.9 Å². The lowest BCUT2D eigenvalue weighted by Crippen LogP contribution is -2.51. The van der Waals surface area contributed by atoms with Crippen LogP contribution in [0.3, 0.4) is 0 Å². The summed E-state index contributed by atoms with van der Waals surface area (Å²) >= 11 is 0. The number of benzene rings is 2. The number of nitrogens with one attached hydrogen (secondary N) is 2. The summed E-state index contributed by atoms with van der Waals surface area (Å²) in [5, 5.41) is 7.61. The standard InChI is InChI=1S/C22H20N6O3/c1-31-17-9-7-15(8-10-17)24-22(30)27-12-14(13-27)19-25-20-18(21(29)26-19)11-23-28(20)16-5-3-2-4-6-16/h2-11,14H,12-13H2,1H3,(H,24,30)(H,25,26,29). The van der Waals surface area contributed by atoms with E-state index < -0.39 is 0 Å². The van der Waals surface area contributed by atoms with Crippen LogP contribution in [0.1, 0.15) is 11.7 Å². The van der Waals surface area contributed by atoms with Crippen molar-refractivity contribution in [2.75, 3.05) is 25.5 Å². The number of para-hydroxylation sites is 1. The Morgan fingerprint density at radius 1 is 1.13 bits per heavy atom. The van der Waals surface area contributed by atoms with Crippen LogP contribution in [0.5, 0.6) is 5.75 Å². The number of fused-ring (bicyclic) bond motifs is 1. The Balaban J connectivity index is 1.32. The normalized spacial score (nSPS) is 13.8. The maximum Gasteiger partial charge on any atom is 0.321 e. The van der Waals surface area contributed by atoms with E-state index in [1.54, 1.807) is 41.0 Å². The van der Waals surface area contributed by atoms with Crippen molar-refractivity contribution in [2.24, 2.45) is 0 Å². The van der Waals surface area contributed by atoms with Crippen LogP contribution in [0.2, 0.25) is 0 Å². The van der Waals surface area contributed by atoms with Gasteiger partial charge in [0, 0.05) is 18.8 Å². The monoisotopic (exact) mass is 416 g/mol. The van der Waals surface area contributed by atoms with E-state index in [0.717, 1.165) is 11.4 Å². The zero-order valence-electron chi connectivity index (χ0n) is 16.8.